The largest absolute Gasteiger partial charge is 0.448 e. The zero-order valence-electron chi connectivity index (χ0n) is 5.33. The summed E-state index contributed by atoms with van der Waals surface area (Å²) in [6.45, 7) is 1.18. The van der Waals surface area contributed by atoms with Crippen LogP contribution in [0.1, 0.15) is 6.92 Å². The summed E-state index contributed by atoms with van der Waals surface area (Å²) >= 11 is 0. The first-order chi connectivity index (χ1) is 4.61. The molecule has 0 aromatic rings. The van der Waals surface area contributed by atoms with Gasteiger partial charge in [0.2, 0.25) is 6.10 Å². The smallest absolute Gasteiger partial charge is 0.303 e. The number of aliphatic hydroxyl groups excluding tert-OH is 1. The normalized spacial score (nSPS) is 30.4. The van der Waals surface area contributed by atoms with Gasteiger partial charge >= 0.3 is 5.97 Å². The Morgan fingerprint density at radius 3 is 2.60 bits per heavy atom. The number of hydrogen-bond acceptors (Lipinski definition) is 4. The summed E-state index contributed by atoms with van der Waals surface area (Å²) in [6, 6.07) is 0. The topological polar surface area (TPSA) is 75.6 Å². The molecule has 5 heteroatoms. The van der Waals surface area contributed by atoms with Gasteiger partial charge < -0.3 is 15.2 Å². The Balaban J connectivity index is 2.40. The minimum atomic E-state index is -1.03. The first kappa shape index (κ1) is 7.01. The van der Waals surface area contributed by atoms with Crippen LogP contribution in [0.5, 0.6) is 0 Å². The van der Waals surface area contributed by atoms with E-state index in [-0.39, 0.29) is 0 Å². The van der Waals surface area contributed by atoms with E-state index in [9.17, 15) is 9.59 Å². The van der Waals surface area contributed by atoms with Crippen LogP contribution < -0.4 is 5.32 Å². The Kier molecular flexibility index (Phi) is 1.58. The lowest BCUT2D eigenvalue weighted by Gasteiger charge is -2.30. The van der Waals surface area contributed by atoms with Crippen molar-refractivity contribution in [2.45, 2.75) is 19.3 Å². The summed E-state index contributed by atoms with van der Waals surface area (Å²) in [4.78, 5) is 20.7. The Morgan fingerprint density at radius 2 is 2.40 bits per heavy atom. The van der Waals surface area contributed by atoms with E-state index in [1.165, 1.54) is 6.92 Å². The summed E-state index contributed by atoms with van der Waals surface area (Å²) in [5.41, 5.74) is 0. The van der Waals surface area contributed by atoms with Crippen molar-refractivity contribution in [3.63, 3.8) is 0 Å². The molecular weight excluding hydrogens is 138 g/mol. The van der Waals surface area contributed by atoms with Crippen molar-refractivity contribution >= 4 is 11.9 Å². The van der Waals surface area contributed by atoms with E-state index in [4.69, 9.17) is 5.11 Å². The van der Waals surface area contributed by atoms with Crippen molar-refractivity contribution in [1.29, 1.82) is 0 Å². The molecule has 5 nitrogen and oxygen atoms in total. The van der Waals surface area contributed by atoms with Gasteiger partial charge in [-0.3, -0.25) is 9.59 Å². The molecule has 1 aliphatic heterocycles. The minimum absolute atomic E-state index is 0.456. The van der Waals surface area contributed by atoms with Crippen molar-refractivity contribution < 1.29 is 19.4 Å². The van der Waals surface area contributed by atoms with Crippen LogP contribution in [0, 0.1) is 0 Å². The highest BCUT2D eigenvalue weighted by Gasteiger charge is 2.40. The monoisotopic (exact) mass is 145 g/mol. The molecule has 10 heavy (non-hydrogen) atoms. The maximum atomic E-state index is 10.4. The fraction of sp³-hybridized carbons (Fsp3) is 0.600. The molecule has 2 unspecified atom stereocenters. The van der Waals surface area contributed by atoms with Gasteiger partial charge in [-0.1, -0.05) is 0 Å². The average molecular weight is 145 g/mol. The second kappa shape index (κ2) is 2.26. The van der Waals surface area contributed by atoms with Gasteiger partial charge in [-0.05, 0) is 0 Å². The van der Waals surface area contributed by atoms with Gasteiger partial charge in [0.05, 0.1) is 0 Å². The summed E-state index contributed by atoms with van der Waals surface area (Å²) < 4.78 is 4.41. The SMILES string of the molecule is CC(=O)OC1C(=O)NC1O. The minimum Gasteiger partial charge on any atom is -0.448 e. The number of amides is 1. The molecule has 1 rings (SSSR count). The highest BCUT2D eigenvalue weighted by Crippen LogP contribution is 2.07. The van der Waals surface area contributed by atoms with Crippen molar-refractivity contribution in [2.24, 2.45) is 0 Å². The van der Waals surface area contributed by atoms with E-state index < -0.39 is 24.2 Å². The zero-order chi connectivity index (χ0) is 7.72. The van der Waals surface area contributed by atoms with Gasteiger partial charge in [-0.25, -0.2) is 0 Å². The number of hydrogen-bond donors (Lipinski definition) is 2. The van der Waals surface area contributed by atoms with Gasteiger partial charge in [0.25, 0.3) is 5.91 Å². The van der Waals surface area contributed by atoms with Gasteiger partial charge in [0, 0.05) is 6.92 Å². The van der Waals surface area contributed by atoms with Crippen LogP contribution in [-0.4, -0.2) is 29.3 Å². The lowest BCUT2D eigenvalue weighted by Crippen LogP contribution is -2.63. The third kappa shape index (κ3) is 1.08. The first-order valence-electron chi connectivity index (χ1n) is 2.77. The fourth-order valence-corrected chi connectivity index (χ4v) is 0.648. The molecule has 0 aliphatic carbocycles. The lowest BCUT2D eigenvalue weighted by molar-refractivity contribution is -0.177. The number of nitrogens with one attached hydrogen (secondary N) is 1. The molecule has 0 saturated carbocycles. The summed E-state index contributed by atoms with van der Waals surface area (Å²) in [7, 11) is 0. The fourth-order valence-electron chi connectivity index (χ4n) is 0.648. The molecule has 1 aliphatic rings. The van der Waals surface area contributed by atoms with Crippen LogP contribution >= 0.6 is 0 Å². The van der Waals surface area contributed by atoms with Gasteiger partial charge in [-0.15, -0.1) is 0 Å². The third-order valence-corrected chi connectivity index (χ3v) is 1.13. The molecule has 1 saturated heterocycles. The highest BCUT2D eigenvalue weighted by molar-refractivity contribution is 5.89. The van der Waals surface area contributed by atoms with Crippen molar-refractivity contribution in [3.05, 3.63) is 0 Å². The predicted octanol–water partition coefficient (Wildman–Crippen LogP) is -1.63. The number of carbonyl (C=O) groups excluding carboxylic acids is 2. The molecular formula is C5H7NO4. The lowest BCUT2D eigenvalue weighted by atomic mass is 10.2. The number of carbonyl (C=O) groups is 2. The predicted molar refractivity (Wildman–Crippen MR) is 29.7 cm³/mol. The van der Waals surface area contributed by atoms with E-state index in [2.05, 4.69) is 10.1 Å². The van der Waals surface area contributed by atoms with Crippen LogP contribution in [-0.2, 0) is 14.3 Å². The van der Waals surface area contributed by atoms with E-state index in [1.807, 2.05) is 0 Å². The molecule has 0 radical (unpaired) electrons. The number of aliphatic hydroxyl groups is 1. The molecule has 1 fully saturated rings. The number of rotatable bonds is 1. The molecule has 2 atom stereocenters. The molecule has 0 bridgehead atoms. The Labute approximate surface area is 57.0 Å². The number of ether oxygens (including phenoxy) is 1. The maximum absolute atomic E-state index is 10.4. The Hall–Kier alpha value is -1.10. The van der Waals surface area contributed by atoms with Crippen LogP contribution in [0.4, 0.5) is 0 Å². The molecule has 0 aromatic heterocycles. The summed E-state index contributed by atoms with van der Waals surface area (Å²) in [5.74, 6) is -1.03. The van der Waals surface area contributed by atoms with Crippen LogP contribution in [0.3, 0.4) is 0 Å². The number of esters is 1. The van der Waals surface area contributed by atoms with Gasteiger partial charge in [0.1, 0.15) is 0 Å². The quantitative estimate of drug-likeness (QED) is 0.343. The molecule has 2 N–H and O–H groups in total. The Morgan fingerprint density at radius 1 is 1.80 bits per heavy atom. The van der Waals surface area contributed by atoms with Crippen LogP contribution in [0.15, 0.2) is 0 Å². The Bertz CT molecular complexity index is 178. The van der Waals surface area contributed by atoms with E-state index in [0.29, 0.717) is 0 Å². The molecule has 0 spiro atoms. The molecule has 1 heterocycles. The average Bonchev–Trinajstić information content (AvgIpc) is 1.84. The maximum Gasteiger partial charge on any atom is 0.303 e. The summed E-state index contributed by atoms with van der Waals surface area (Å²) in [5, 5.41) is 10.8. The van der Waals surface area contributed by atoms with Crippen molar-refractivity contribution in [3.8, 4) is 0 Å². The van der Waals surface area contributed by atoms with E-state index in [0.717, 1.165) is 0 Å². The standard InChI is InChI=1S/C5H7NO4/c1-2(7)10-3-4(8)6-5(3)9/h3-4,8H,1H3,(H,6,9). The number of β-lactam (4-membered cyclic amide) rings is 1. The molecule has 0 aromatic carbocycles. The second-order valence-electron chi connectivity index (χ2n) is 1.98. The van der Waals surface area contributed by atoms with Gasteiger partial charge in [-0.2, -0.15) is 0 Å². The molecule has 1 amide bonds. The first-order valence-corrected chi connectivity index (χ1v) is 2.77. The van der Waals surface area contributed by atoms with E-state index >= 15 is 0 Å². The molecule has 56 valence electrons. The van der Waals surface area contributed by atoms with Crippen molar-refractivity contribution in [2.75, 3.05) is 0 Å². The zero-order valence-corrected chi connectivity index (χ0v) is 5.33. The van der Waals surface area contributed by atoms with Crippen LogP contribution in [0.2, 0.25) is 0 Å². The van der Waals surface area contributed by atoms with Crippen molar-refractivity contribution in [1.82, 2.24) is 5.32 Å². The van der Waals surface area contributed by atoms with E-state index in [1.54, 1.807) is 0 Å². The third-order valence-electron chi connectivity index (χ3n) is 1.13. The van der Waals surface area contributed by atoms with Crippen LogP contribution in [0.25, 0.3) is 0 Å². The highest BCUT2D eigenvalue weighted by atomic mass is 16.6. The summed E-state index contributed by atoms with van der Waals surface area (Å²) in [6.07, 6.45) is -2.03. The van der Waals surface area contributed by atoms with Gasteiger partial charge in [0.15, 0.2) is 6.23 Å². The second-order valence-corrected chi connectivity index (χ2v) is 1.98.